The first-order chi connectivity index (χ1) is 21.1. The maximum atomic E-state index is 5.68. The van der Waals surface area contributed by atoms with E-state index < -0.39 is 0 Å². The second kappa shape index (κ2) is 12.4. The third-order valence-electron chi connectivity index (χ3n) is 7.53. The minimum Gasteiger partial charge on any atom is -0.233 e. The molecule has 0 N–H and O–H groups in total. The summed E-state index contributed by atoms with van der Waals surface area (Å²) in [7, 11) is 0. The fourth-order valence-corrected chi connectivity index (χ4v) is 5.26. The number of terminal acetylenes is 1. The molecular formula is C41H30N2. The minimum absolute atomic E-state index is 0.621. The third kappa shape index (κ3) is 5.98. The van der Waals surface area contributed by atoms with Crippen molar-refractivity contribution in [2.24, 2.45) is 9.98 Å². The van der Waals surface area contributed by atoms with Gasteiger partial charge >= 0.3 is 0 Å². The molecule has 0 aliphatic heterocycles. The van der Waals surface area contributed by atoms with Crippen molar-refractivity contribution in [2.75, 3.05) is 0 Å². The van der Waals surface area contributed by atoms with Crippen molar-refractivity contribution in [1.29, 1.82) is 0 Å². The number of fused-ring (bicyclic) bond motifs is 1. The first-order valence-corrected chi connectivity index (χ1v) is 14.2. The molecule has 6 aromatic rings. The first kappa shape index (κ1) is 27.4. The maximum absolute atomic E-state index is 5.68. The zero-order valence-electron chi connectivity index (χ0n) is 24.0. The van der Waals surface area contributed by atoms with Gasteiger partial charge in [-0.05, 0) is 63.2 Å². The summed E-state index contributed by atoms with van der Waals surface area (Å²) in [6.07, 6.45) is 5.68. The Morgan fingerprint density at radius 1 is 0.558 bits per heavy atom. The molecule has 0 saturated carbocycles. The Labute approximate surface area is 253 Å². The number of benzene rings is 6. The van der Waals surface area contributed by atoms with Gasteiger partial charge in [0.2, 0.25) is 0 Å². The topological polar surface area (TPSA) is 24.7 Å². The van der Waals surface area contributed by atoms with Crippen LogP contribution in [-0.4, -0.2) is 11.5 Å². The highest BCUT2D eigenvalue weighted by molar-refractivity contribution is 6.13. The van der Waals surface area contributed by atoms with E-state index in [1.54, 1.807) is 0 Å². The molecule has 204 valence electrons. The van der Waals surface area contributed by atoms with Crippen LogP contribution in [0.15, 0.2) is 162 Å². The number of nitrogens with zero attached hydrogens (tertiary/aromatic N) is 2. The highest BCUT2D eigenvalue weighted by atomic mass is 14.9. The van der Waals surface area contributed by atoms with Gasteiger partial charge in [0.05, 0.1) is 5.70 Å². The summed E-state index contributed by atoms with van der Waals surface area (Å²) in [4.78, 5) is 9.90. The SMILES string of the molecule is C#Cc1cccc(-c2ccc(-c3ccc(C(N=C(C)c4ccccc4)=NC(=C)c4ccccc4)cc3)c3ccccc23)c1. The van der Waals surface area contributed by atoms with Gasteiger partial charge in [0.1, 0.15) is 0 Å². The van der Waals surface area contributed by atoms with Crippen LogP contribution in [0.5, 0.6) is 0 Å². The fraction of sp³-hybridized carbons (Fsp3) is 0.0244. The van der Waals surface area contributed by atoms with E-state index in [4.69, 9.17) is 16.4 Å². The van der Waals surface area contributed by atoms with Gasteiger partial charge in [0.15, 0.2) is 5.84 Å². The van der Waals surface area contributed by atoms with Gasteiger partial charge in [-0.1, -0.05) is 146 Å². The zero-order valence-corrected chi connectivity index (χ0v) is 24.0. The summed E-state index contributed by atoms with van der Waals surface area (Å²) in [5.74, 6) is 3.38. The van der Waals surface area contributed by atoms with Gasteiger partial charge in [-0.25, -0.2) is 9.98 Å². The molecule has 0 heterocycles. The van der Waals surface area contributed by atoms with Gasteiger partial charge in [0.25, 0.3) is 0 Å². The van der Waals surface area contributed by atoms with Crippen LogP contribution in [0.1, 0.15) is 29.2 Å². The quantitative estimate of drug-likeness (QED) is 0.112. The van der Waals surface area contributed by atoms with E-state index in [9.17, 15) is 0 Å². The molecule has 2 heteroatoms. The van der Waals surface area contributed by atoms with Crippen molar-refractivity contribution < 1.29 is 0 Å². The van der Waals surface area contributed by atoms with Crippen LogP contribution in [0.2, 0.25) is 0 Å². The van der Waals surface area contributed by atoms with E-state index in [1.165, 1.54) is 10.8 Å². The van der Waals surface area contributed by atoms with E-state index in [-0.39, 0.29) is 0 Å². The maximum Gasteiger partial charge on any atom is 0.160 e. The van der Waals surface area contributed by atoms with Crippen molar-refractivity contribution in [3.8, 4) is 34.6 Å². The summed E-state index contributed by atoms with van der Waals surface area (Å²) in [5, 5.41) is 2.37. The molecule has 43 heavy (non-hydrogen) atoms. The standard InChI is InChI=1S/C41H30N2/c1-4-31-14-13-19-36(28-31)38-27-26-37(39-20-11-12-21-40(38)39)34-22-24-35(25-23-34)41(42-29(2)32-15-7-5-8-16-32)43-30(3)33-17-9-6-10-18-33/h1,5-28H,2H2,3H3. The smallest absolute Gasteiger partial charge is 0.160 e. The van der Waals surface area contributed by atoms with Gasteiger partial charge in [-0.2, -0.15) is 0 Å². The molecule has 0 amide bonds. The molecule has 0 bridgehead atoms. The molecule has 0 aromatic heterocycles. The lowest BCUT2D eigenvalue weighted by molar-refractivity contribution is 1.44. The lowest BCUT2D eigenvalue weighted by atomic mass is 9.91. The molecule has 0 atom stereocenters. The Hall–Kier alpha value is -5.78. The summed E-state index contributed by atoms with van der Waals surface area (Å²) in [6, 6.07) is 49.7. The van der Waals surface area contributed by atoms with E-state index in [0.717, 1.165) is 50.2 Å². The van der Waals surface area contributed by atoms with Gasteiger partial charge < -0.3 is 0 Å². The van der Waals surface area contributed by atoms with Crippen molar-refractivity contribution in [3.63, 3.8) is 0 Å². The first-order valence-electron chi connectivity index (χ1n) is 14.2. The van der Waals surface area contributed by atoms with Crippen LogP contribution in [0.3, 0.4) is 0 Å². The van der Waals surface area contributed by atoms with Crippen molar-refractivity contribution in [3.05, 3.63) is 174 Å². The molecule has 0 aliphatic carbocycles. The van der Waals surface area contributed by atoms with Crippen LogP contribution in [0.4, 0.5) is 0 Å². The normalized spacial score (nSPS) is 11.7. The van der Waals surface area contributed by atoms with Crippen LogP contribution >= 0.6 is 0 Å². The number of hydrogen-bond donors (Lipinski definition) is 0. The predicted molar refractivity (Wildman–Crippen MR) is 183 cm³/mol. The van der Waals surface area contributed by atoms with Crippen molar-refractivity contribution >= 4 is 28.0 Å². The minimum atomic E-state index is 0.621. The molecule has 6 aromatic carbocycles. The molecule has 2 nitrogen and oxygen atoms in total. The van der Waals surface area contributed by atoms with Crippen molar-refractivity contribution in [2.45, 2.75) is 6.92 Å². The monoisotopic (exact) mass is 550 g/mol. The molecule has 0 fully saturated rings. The summed E-state index contributed by atoms with van der Waals surface area (Å²) < 4.78 is 0. The summed E-state index contributed by atoms with van der Waals surface area (Å²) in [5.41, 5.74) is 9.91. The number of amidine groups is 1. The Morgan fingerprint density at radius 3 is 1.77 bits per heavy atom. The second-order valence-corrected chi connectivity index (χ2v) is 10.3. The Morgan fingerprint density at radius 2 is 1.14 bits per heavy atom. The third-order valence-corrected chi connectivity index (χ3v) is 7.53. The lowest BCUT2D eigenvalue weighted by Gasteiger charge is -2.13. The zero-order chi connectivity index (χ0) is 29.6. The van der Waals surface area contributed by atoms with Gasteiger partial charge in [-0.3, -0.25) is 0 Å². The highest BCUT2D eigenvalue weighted by Gasteiger charge is 2.12. The van der Waals surface area contributed by atoms with E-state index in [1.807, 2.05) is 67.6 Å². The van der Waals surface area contributed by atoms with Crippen LogP contribution in [-0.2, 0) is 0 Å². The van der Waals surface area contributed by atoms with Gasteiger partial charge in [-0.15, -0.1) is 6.42 Å². The van der Waals surface area contributed by atoms with Crippen LogP contribution in [0, 0.1) is 12.3 Å². The van der Waals surface area contributed by atoms with E-state index >= 15 is 0 Å². The lowest BCUT2D eigenvalue weighted by Crippen LogP contribution is -2.04. The second-order valence-electron chi connectivity index (χ2n) is 10.3. The molecule has 0 unspecified atom stereocenters. The molecule has 0 radical (unpaired) electrons. The average molecular weight is 551 g/mol. The highest BCUT2D eigenvalue weighted by Crippen LogP contribution is 2.36. The molecule has 0 aliphatic rings. The van der Waals surface area contributed by atoms with E-state index in [2.05, 4.69) is 97.4 Å². The average Bonchev–Trinajstić information content (AvgIpc) is 3.08. The van der Waals surface area contributed by atoms with Crippen LogP contribution in [0.25, 0.3) is 38.7 Å². The molecule has 0 spiro atoms. The van der Waals surface area contributed by atoms with Gasteiger partial charge in [0, 0.05) is 16.8 Å². The molecule has 0 saturated heterocycles. The Kier molecular flexibility index (Phi) is 7.89. The summed E-state index contributed by atoms with van der Waals surface area (Å²) in [6.45, 7) is 6.26. The van der Waals surface area contributed by atoms with Crippen LogP contribution < -0.4 is 0 Å². The largest absolute Gasteiger partial charge is 0.233 e. The molecule has 6 rings (SSSR count). The number of rotatable bonds is 6. The number of hydrogen-bond acceptors (Lipinski definition) is 1. The Bertz CT molecular complexity index is 2020. The number of aliphatic imine (C=N–C) groups is 2. The molecular weight excluding hydrogens is 520 g/mol. The summed E-state index contributed by atoms with van der Waals surface area (Å²) >= 11 is 0. The van der Waals surface area contributed by atoms with E-state index in [0.29, 0.717) is 11.5 Å². The predicted octanol–water partition coefficient (Wildman–Crippen LogP) is 10.1. The fourth-order valence-electron chi connectivity index (χ4n) is 5.26. The van der Waals surface area contributed by atoms with Crippen molar-refractivity contribution in [1.82, 2.24) is 0 Å². The Balaban J connectivity index is 1.41.